The lowest BCUT2D eigenvalue weighted by Crippen LogP contribution is -2.36. The molecule has 2 unspecified atom stereocenters. The zero-order valence-electron chi connectivity index (χ0n) is 30.7. The Kier molecular flexibility index (Phi) is 8.26. The van der Waals surface area contributed by atoms with Crippen LogP contribution in [0, 0.1) is 0 Å². The molecule has 4 atom stereocenters. The first-order chi connectivity index (χ1) is 24.3. The molecule has 0 radical (unpaired) electrons. The van der Waals surface area contributed by atoms with E-state index in [4.69, 9.17) is 19.4 Å². The molecule has 4 aliphatic rings. The maximum atomic E-state index is 13.0. The van der Waals surface area contributed by atoms with Crippen molar-refractivity contribution >= 4 is 12.2 Å². The van der Waals surface area contributed by atoms with Crippen LogP contribution in [-0.2, 0) is 9.47 Å². The minimum atomic E-state index is -0.537. The first-order valence-electron chi connectivity index (χ1n) is 18.7. The van der Waals surface area contributed by atoms with E-state index in [0.717, 1.165) is 54.3 Å². The highest BCUT2D eigenvalue weighted by Gasteiger charge is 2.41. The van der Waals surface area contributed by atoms with Gasteiger partial charge in [0.15, 0.2) is 0 Å². The summed E-state index contributed by atoms with van der Waals surface area (Å²) >= 11 is 0. The highest BCUT2D eigenvalue weighted by molar-refractivity contribution is 5.80. The number of carbonyl (C=O) groups excluding carboxylic acids is 2. The van der Waals surface area contributed by atoms with Crippen LogP contribution < -0.4 is 0 Å². The molecule has 2 aromatic carbocycles. The minimum Gasteiger partial charge on any atom is -0.444 e. The number of nitrogens with zero attached hydrogens (tertiary/aromatic N) is 4. The Bertz CT molecular complexity index is 1950. The summed E-state index contributed by atoms with van der Waals surface area (Å²) in [5.41, 5.74) is 8.65. The number of rotatable bonds is 5. The Morgan fingerprint density at radius 2 is 1.12 bits per heavy atom. The number of nitrogens with one attached hydrogen (secondary N) is 2. The van der Waals surface area contributed by atoms with Gasteiger partial charge in [0, 0.05) is 18.7 Å². The van der Waals surface area contributed by atoms with Gasteiger partial charge < -0.3 is 19.4 Å². The van der Waals surface area contributed by atoms with Gasteiger partial charge in [-0.05, 0) is 126 Å². The molecule has 4 aromatic rings. The summed E-state index contributed by atoms with van der Waals surface area (Å²) in [5.74, 6) is 2.75. The number of likely N-dealkylation sites (tertiary alicyclic amines) is 2. The number of imidazole rings is 2. The molecule has 0 spiro atoms. The number of hydrogen-bond donors (Lipinski definition) is 2. The SMILES string of the molecule is CC(C)(C)OC(=O)N1CCC[C@H]1c1ncc(-c2ccc(-c3ccc(-c4cnc([C@@H]5CCCN5C(=O)OC(C)(C)C)[nH]4)c4c3C3CCC4C3)cc2)[nH]1. The number of aromatic nitrogens is 4. The zero-order chi connectivity index (χ0) is 35.7. The van der Waals surface area contributed by atoms with Crippen molar-refractivity contribution in [3.05, 3.63) is 71.6 Å². The van der Waals surface area contributed by atoms with Crippen LogP contribution in [-0.4, -0.2) is 66.2 Å². The van der Waals surface area contributed by atoms with Gasteiger partial charge >= 0.3 is 12.2 Å². The van der Waals surface area contributed by atoms with E-state index in [0.29, 0.717) is 24.9 Å². The first-order valence-corrected chi connectivity index (χ1v) is 18.7. The van der Waals surface area contributed by atoms with Crippen LogP contribution >= 0.6 is 0 Å². The lowest BCUT2D eigenvalue weighted by molar-refractivity contribution is 0.0208. The molecule has 2 bridgehead atoms. The Balaban J connectivity index is 1.03. The van der Waals surface area contributed by atoms with Crippen LogP contribution in [0.4, 0.5) is 9.59 Å². The largest absolute Gasteiger partial charge is 0.444 e. The van der Waals surface area contributed by atoms with Crippen LogP contribution in [0.5, 0.6) is 0 Å². The molecular weight excluding hydrogens is 640 g/mol. The number of carbonyl (C=O) groups is 2. The van der Waals surface area contributed by atoms with Crippen LogP contribution in [0.3, 0.4) is 0 Å². The van der Waals surface area contributed by atoms with E-state index >= 15 is 0 Å². The van der Waals surface area contributed by atoms with E-state index in [1.54, 1.807) is 4.90 Å². The first kappa shape index (κ1) is 33.5. The highest BCUT2D eigenvalue weighted by Crippen LogP contribution is 2.58. The van der Waals surface area contributed by atoms with Crippen LogP contribution in [0.1, 0.15) is 133 Å². The van der Waals surface area contributed by atoms with Crippen molar-refractivity contribution in [1.82, 2.24) is 29.7 Å². The summed E-state index contributed by atoms with van der Waals surface area (Å²) in [5, 5.41) is 0. The van der Waals surface area contributed by atoms with Crippen molar-refractivity contribution in [3.8, 4) is 33.6 Å². The molecule has 268 valence electrons. The van der Waals surface area contributed by atoms with Gasteiger partial charge in [-0.3, -0.25) is 9.80 Å². The molecule has 2 amide bonds. The third-order valence-corrected chi connectivity index (χ3v) is 10.9. The fraction of sp³-hybridized carbons (Fsp3) is 0.512. The van der Waals surface area contributed by atoms with Crippen molar-refractivity contribution in [3.63, 3.8) is 0 Å². The fourth-order valence-corrected chi connectivity index (χ4v) is 8.81. The lowest BCUT2D eigenvalue weighted by Gasteiger charge is -2.27. The number of benzene rings is 2. The quantitative estimate of drug-likeness (QED) is 0.215. The van der Waals surface area contributed by atoms with Gasteiger partial charge in [-0.1, -0.05) is 36.4 Å². The number of H-pyrrole nitrogens is 2. The Morgan fingerprint density at radius 1 is 0.647 bits per heavy atom. The van der Waals surface area contributed by atoms with E-state index in [-0.39, 0.29) is 24.3 Å². The molecule has 51 heavy (non-hydrogen) atoms. The summed E-state index contributed by atoms with van der Waals surface area (Å²) in [6.07, 6.45) is 10.5. The molecule has 1 saturated carbocycles. The predicted molar refractivity (Wildman–Crippen MR) is 196 cm³/mol. The third kappa shape index (κ3) is 6.42. The summed E-state index contributed by atoms with van der Waals surface area (Å²) < 4.78 is 11.4. The average molecular weight is 691 g/mol. The smallest absolute Gasteiger partial charge is 0.410 e. The molecule has 4 heterocycles. The summed E-state index contributed by atoms with van der Waals surface area (Å²) in [4.78, 5) is 46.2. The lowest BCUT2D eigenvalue weighted by atomic mass is 9.82. The minimum absolute atomic E-state index is 0.107. The molecule has 2 aliphatic heterocycles. The number of aromatic amines is 2. The second-order valence-corrected chi connectivity index (χ2v) is 16.8. The summed E-state index contributed by atoms with van der Waals surface area (Å²) in [6, 6.07) is 13.1. The van der Waals surface area contributed by atoms with Crippen molar-refractivity contribution in [1.29, 1.82) is 0 Å². The van der Waals surface area contributed by atoms with Crippen LogP contribution in [0.15, 0.2) is 48.8 Å². The Hall–Kier alpha value is -4.60. The van der Waals surface area contributed by atoms with Gasteiger partial charge in [0.05, 0.1) is 35.9 Å². The van der Waals surface area contributed by atoms with E-state index in [1.165, 1.54) is 47.1 Å². The molecule has 10 nitrogen and oxygen atoms in total. The third-order valence-electron chi connectivity index (χ3n) is 10.9. The molecule has 2 N–H and O–H groups in total. The second kappa shape index (κ2) is 12.6. The van der Waals surface area contributed by atoms with Crippen molar-refractivity contribution in [2.75, 3.05) is 13.1 Å². The van der Waals surface area contributed by atoms with E-state index in [1.807, 2.05) is 58.8 Å². The predicted octanol–water partition coefficient (Wildman–Crippen LogP) is 9.64. The molecule has 2 aliphatic carbocycles. The van der Waals surface area contributed by atoms with Crippen molar-refractivity contribution in [2.24, 2.45) is 0 Å². The van der Waals surface area contributed by atoms with E-state index in [9.17, 15) is 9.59 Å². The summed E-state index contributed by atoms with van der Waals surface area (Å²) in [6.45, 7) is 12.8. The van der Waals surface area contributed by atoms with Gasteiger partial charge in [-0.15, -0.1) is 0 Å². The van der Waals surface area contributed by atoms with E-state index < -0.39 is 11.2 Å². The zero-order valence-corrected chi connectivity index (χ0v) is 30.7. The molecule has 8 rings (SSSR count). The molecule has 3 fully saturated rings. The number of ether oxygens (including phenoxy) is 2. The van der Waals surface area contributed by atoms with Crippen molar-refractivity contribution < 1.29 is 19.1 Å². The average Bonchev–Trinajstić information content (AvgIpc) is 3.93. The standard InChI is InChI=1S/C41H50N6O4/c1-40(2,3)50-38(48)46-19-7-9-32(46)36-42-22-30(44-36)25-13-11-24(12-14-25)28-17-18-29(35-27-16-15-26(21-27)34(28)35)31-23-43-37(45-31)33-10-8-20-47(33)39(49)51-41(4,5)6/h11-14,17-18,22-23,26-27,32-33H,7-10,15-16,19-21H2,1-6H3,(H,42,44)(H,43,45)/t26?,27?,32-,33-/m0/s1. The molecule has 2 saturated heterocycles. The van der Waals surface area contributed by atoms with Crippen molar-refractivity contribution in [2.45, 2.75) is 122 Å². The van der Waals surface area contributed by atoms with Gasteiger partial charge in [-0.25, -0.2) is 19.6 Å². The normalized spacial score (nSPS) is 22.9. The van der Waals surface area contributed by atoms with Crippen LogP contribution in [0.2, 0.25) is 0 Å². The maximum Gasteiger partial charge on any atom is 0.410 e. The fourth-order valence-electron chi connectivity index (χ4n) is 8.81. The van der Waals surface area contributed by atoms with Gasteiger partial charge in [0.25, 0.3) is 0 Å². The van der Waals surface area contributed by atoms with Crippen LogP contribution in [0.25, 0.3) is 33.6 Å². The monoisotopic (exact) mass is 690 g/mol. The van der Waals surface area contributed by atoms with Gasteiger partial charge in [-0.2, -0.15) is 0 Å². The van der Waals surface area contributed by atoms with E-state index in [2.05, 4.69) is 46.4 Å². The number of amides is 2. The Labute approximate surface area is 300 Å². The van der Waals surface area contributed by atoms with Gasteiger partial charge in [0.2, 0.25) is 0 Å². The Morgan fingerprint density at radius 3 is 1.67 bits per heavy atom. The molecule has 2 aromatic heterocycles. The number of fused-ring (bicyclic) bond motifs is 5. The number of hydrogen-bond acceptors (Lipinski definition) is 6. The molecule has 10 heteroatoms. The topological polar surface area (TPSA) is 116 Å². The highest BCUT2D eigenvalue weighted by atomic mass is 16.6. The summed E-state index contributed by atoms with van der Waals surface area (Å²) in [7, 11) is 0. The second-order valence-electron chi connectivity index (χ2n) is 16.8. The maximum absolute atomic E-state index is 13.0. The molecular formula is C41H50N6O4. The van der Waals surface area contributed by atoms with Gasteiger partial charge in [0.1, 0.15) is 22.9 Å².